The Kier molecular flexibility index (Phi) is 4.68. The van der Waals surface area contributed by atoms with Crippen molar-refractivity contribution in [3.63, 3.8) is 0 Å². The Morgan fingerprint density at radius 3 is 2.90 bits per heavy atom. The number of halogens is 1. The number of nitrogens with zero attached hydrogens (tertiary/aromatic N) is 1. The number of hydrogen-bond acceptors (Lipinski definition) is 4. The Labute approximate surface area is 124 Å². The van der Waals surface area contributed by atoms with Gasteiger partial charge in [0.1, 0.15) is 18.5 Å². The molecule has 0 saturated carbocycles. The van der Waals surface area contributed by atoms with Crippen LogP contribution in [-0.4, -0.2) is 17.6 Å². The third-order valence-corrected chi connectivity index (χ3v) is 3.47. The summed E-state index contributed by atoms with van der Waals surface area (Å²) in [5.74, 6) is 4.25. The highest BCUT2D eigenvalue weighted by Crippen LogP contribution is 2.20. The van der Waals surface area contributed by atoms with E-state index in [0.29, 0.717) is 9.75 Å². The Hall–Kier alpha value is -2.67. The van der Waals surface area contributed by atoms with Gasteiger partial charge in [-0.3, -0.25) is 4.79 Å². The molecule has 2 N–H and O–H groups in total. The van der Waals surface area contributed by atoms with Gasteiger partial charge in [0.15, 0.2) is 0 Å². The molecule has 1 amide bonds. The van der Waals surface area contributed by atoms with Crippen molar-refractivity contribution < 1.29 is 14.3 Å². The van der Waals surface area contributed by atoms with E-state index in [1.54, 1.807) is 12.1 Å². The number of anilines is 1. The molecule has 0 radical (unpaired) electrons. The second-order valence-electron chi connectivity index (χ2n) is 3.88. The maximum absolute atomic E-state index is 13.0. The number of nitriles is 1. The van der Waals surface area contributed by atoms with Crippen LogP contribution in [0.5, 0.6) is 0 Å². The van der Waals surface area contributed by atoms with Gasteiger partial charge in [0.05, 0.1) is 21.0 Å². The predicted octanol–water partition coefficient (Wildman–Crippen LogP) is 2.35. The van der Waals surface area contributed by atoms with Gasteiger partial charge < -0.3 is 10.4 Å². The molecule has 1 heterocycles. The van der Waals surface area contributed by atoms with Crippen molar-refractivity contribution in [2.24, 2.45) is 0 Å². The van der Waals surface area contributed by atoms with Gasteiger partial charge in [0.2, 0.25) is 0 Å². The highest BCUT2D eigenvalue weighted by Gasteiger charge is 2.12. The summed E-state index contributed by atoms with van der Waals surface area (Å²) in [6, 6.07) is 8.65. The molecule has 0 unspecified atom stereocenters. The van der Waals surface area contributed by atoms with E-state index in [1.807, 2.05) is 6.07 Å². The van der Waals surface area contributed by atoms with Crippen LogP contribution in [0.3, 0.4) is 0 Å². The Morgan fingerprint density at radius 1 is 1.38 bits per heavy atom. The zero-order valence-corrected chi connectivity index (χ0v) is 11.5. The number of aliphatic hydroxyl groups excluding tert-OH is 1. The molecule has 0 aliphatic carbocycles. The van der Waals surface area contributed by atoms with Gasteiger partial charge in [0, 0.05) is 0 Å². The molecule has 0 saturated heterocycles. The van der Waals surface area contributed by atoms with Gasteiger partial charge in [0.25, 0.3) is 5.91 Å². The lowest BCUT2D eigenvalue weighted by atomic mass is 10.2. The van der Waals surface area contributed by atoms with Crippen LogP contribution in [0.25, 0.3) is 0 Å². The number of rotatable bonds is 2. The number of aliphatic hydroxyl groups is 1. The molecule has 0 aliphatic rings. The normalized spacial score (nSPS) is 9.38. The van der Waals surface area contributed by atoms with Crippen LogP contribution >= 0.6 is 11.3 Å². The molecular formula is C15H9FN2O2S. The van der Waals surface area contributed by atoms with E-state index in [2.05, 4.69) is 17.2 Å². The first-order chi connectivity index (χ1) is 10.1. The van der Waals surface area contributed by atoms with E-state index in [9.17, 15) is 9.18 Å². The zero-order valence-electron chi connectivity index (χ0n) is 10.7. The first kappa shape index (κ1) is 14.7. The molecule has 0 bridgehead atoms. The molecule has 1 aromatic carbocycles. The van der Waals surface area contributed by atoms with Crippen molar-refractivity contribution in [2.75, 3.05) is 11.9 Å². The summed E-state index contributed by atoms with van der Waals surface area (Å²) in [4.78, 5) is 13.1. The largest absolute Gasteiger partial charge is 0.384 e. The molecule has 4 nitrogen and oxygen atoms in total. The molecule has 1 aromatic heterocycles. The minimum Gasteiger partial charge on any atom is -0.384 e. The molecular weight excluding hydrogens is 291 g/mol. The van der Waals surface area contributed by atoms with E-state index in [1.165, 1.54) is 12.1 Å². The van der Waals surface area contributed by atoms with Crippen LogP contribution in [-0.2, 0) is 0 Å². The number of amides is 1. The fourth-order valence-electron chi connectivity index (χ4n) is 1.56. The smallest absolute Gasteiger partial charge is 0.265 e. The lowest BCUT2D eigenvalue weighted by Gasteiger charge is -2.05. The number of carbonyl (C=O) groups excluding carboxylic acids is 1. The molecule has 0 spiro atoms. The molecule has 2 rings (SSSR count). The Balaban J connectivity index is 2.19. The van der Waals surface area contributed by atoms with Crippen LogP contribution in [0.1, 0.15) is 20.1 Å². The van der Waals surface area contributed by atoms with Gasteiger partial charge >= 0.3 is 0 Å². The molecule has 0 aliphatic heterocycles. The zero-order chi connectivity index (χ0) is 15.2. The summed E-state index contributed by atoms with van der Waals surface area (Å²) in [6.07, 6.45) is 0. The van der Waals surface area contributed by atoms with Crippen LogP contribution in [0.15, 0.2) is 30.3 Å². The maximum atomic E-state index is 13.0. The van der Waals surface area contributed by atoms with Crippen molar-refractivity contribution in [1.82, 2.24) is 0 Å². The van der Waals surface area contributed by atoms with Gasteiger partial charge in [-0.2, -0.15) is 5.26 Å². The predicted molar refractivity (Wildman–Crippen MR) is 77.4 cm³/mol. The number of carbonyl (C=O) groups is 1. The van der Waals surface area contributed by atoms with Gasteiger partial charge in [-0.15, -0.1) is 11.3 Å². The standard InChI is InChI=1S/C15H9FN2O2S/c16-11-3-5-13(10(8-11)9-17)18-15(20)14-6-4-12(21-14)2-1-7-19/h3-6,8,19H,7H2,(H,18,20). The summed E-state index contributed by atoms with van der Waals surface area (Å²) in [5, 5.41) is 20.1. The molecule has 0 fully saturated rings. The van der Waals surface area contributed by atoms with Crippen molar-refractivity contribution in [2.45, 2.75) is 0 Å². The molecule has 2 aromatic rings. The summed E-state index contributed by atoms with van der Waals surface area (Å²) < 4.78 is 13.0. The van der Waals surface area contributed by atoms with Gasteiger partial charge in [-0.05, 0) is 30.3 Å². The van der Waals surface area contributed by atoms with Crippen molar-refractivity contribution in [3.8, 4) is 17.9 Å². The lowest BCUT2D eigenvalue weighted by molar-refractivity contribution is 0.103. The third-order valence-electron chi connectivity index (χ3n) is 2.47. The number of thiophene rings is 1. The quantitative estimate of drug-likeness (QED) is 0.836. The average Bonchev–Trinajstić information content (AvgIpc) is 2.95. The van der Waals surface area contributed by atoms with Crippen LogP contribution in [0.4, 0.5) is 10.1 Å². The summed E-state index contributed by atoms with van der Waals surface area (Å²) in [7, 11) is 0. The SMILES string of the molecule is N#Cc1cc(F)ccc1NC(=O)c1ccc(C#CCO)s1. The minimum atomic E-state index is -0.540. The number of benzene rings is 1. The van der Waals surface area contributed by atoms with E-state index < -0.39 is 11.7 Å². The van der Waals surface area contributed by atoms with Gasteiger partial charge in [-0.25, -0.2) is 4.39 Å². The Bertz CT molecular complexity index is 781. The molecule has 0 atom stereocenters. The van der Waals surface area contributed by atoms with Crippen LogP contribution in [0, 0.1) is 29.0 Å². The van der Waals surface area contributed by atoms with E-state index in [-0.39, 0.29) is 17.9 Å². The lowest BCUT2D eigenvalue weighted by Crippen LogP contribution is -2.11. The summed E-state index contributed by atoms with van der Waals surface area (Å²) in [6.45, 7) is -0.249. The second-order valence-corrected chi connectivity index (χ2v) is 4.96. The average molecular weight is 300 g/mol. The fraction of sp³-hybridized carbons (Fsp3) is 0.0667. The van der Waals surface area contributed by atoms with Gasteiger partial charge in [-0.1, -0.05) is 11.8 Å². The highest BCUT2D eigenvalue weighted by molar-refractivity contribution is 7.14. The van der Waals surface area contributed by atoms with E-state index in [0.717, 1.165) is 17.4 Å². The first-order valence-electron chi connectivity index (χ1n) is 5.84. The van der Waals surface area contributed by atoms with Crippen molar-refractivity contribution in [3.05, 3.63) is 51.5 Å². The van der Waals surface area contributed by atoms with E-state index >= 15 is 0 Å². The minimum absolute atomic E-state index is 0.0557. The number of nitrogens with one attached hydrogen (secondary N) is 1. The van der Waals surface area contributed by atoms with Crippen molar-refractivity contribution in [1.29, 1.82) is 5.26 Å². The molecule has 21 heavy (non-hydrogen) atoms. The highest BCUT2D eigenvalue weighted by atomic mass is 32.1. The summed E-state index contributed by atoms with van der Waals surface area (Å²) >= 11 is 1.16. The first-order valence-corrected chi connectivity index (χ1v) is 6.66. The Morgan fingerprint density at radius 2 is 2.19 bits per heavy atom. The topological polar surface area (TPSA) is 73.1 Å². The fourth-order valence-corrected chi connectivity index (χ4v) is 2.33. The summed E-state index contributed by atoms with van der Waals surface area (Å²) in [5.41, 5.74) is 0.306. The molecule has 6 heteroatoms. The molecule has 104 valence electrons. The number of hydrogen-bond donors (Lipinski definition) is 2. The van der Waals surface area contributed by atoms with E-state index in [4.69, 9.17) is 10.4 Å². The monoisotopic (exact) mass is 300 g/mol. The maximum Gasteiger partial charge on any atom is 0.265 e. The van der Waals surface area contributed by atoms with Crippen LogP contribution < -0.4 is 5.32 Å². The second kappa shape index (κ2) is 6.67. The van der Waals surface area contributed by atoms with Crippen LogP contribution in [0.2, 0.25) is 0 Å². The third kappa shape index (κ3) is 3.67. The van der Waals surface area contributed by atoms with Crippen molar-refractivity contribution >= 4 is 22.9 Å².